The van der Waals surface area contributed by atoms with Crippen molar-refractivity contribution < 1.29 is 14.3 Å². The van der Waals surface area contributed by atoms with E-state index < -0.39 is 0 Å². The molecule has 0 saturated heterocycles. The largest absolute Gasteiger partial charge is 0.488 e. The van der Waals surface area contributed by atoms with Crippen LogP contribution in [0.2, 0.25) is 0 Å². The van der Waals surface area contributed by atoms with Crippen LogP contribution in [0.4, 0.5) is 5.69 Å². The molecule has 0 saturated carbocycles. The van der Waals surface area contributed by atoms with Gasteiger partial charge in [-0.1, -0.05) is 92.7 Å². The van der Waals surface area contributed by atoms with Gasteiger partial charge in [-0.3, -0.25) is 9.78 Å². The molecular formula is C33H30N2O3. The Kier molecular flexibility index (Phi) is 7.65. The van der Waals surface area contributed by atoms with Crippen molar-refractivity contribution in [2.24, 2.45) is 0 Å². The van der Waals surface area contributed by atoms with E-state index in [1.54, 1.807) is 6.20 Å². The van der Waals surface area contributed by atoms with E-state index in [1.807, 2.05) is 103 Å². The Labute approximate surface area is 223 Å². The highest BCUT2D eigenvalue weighted by molar-refractivity contribution is 6.10. The molecule has 0 aliphatic rings. The number of fused-ring (bicyclic) bond motifs is 1. The van der Waals surface area contributed by atoms with E-state index in [0.29, 0.717) is 36.0 Å². The van der Waals surface area contributed by atoms with Gasteiger partial charge >= 0.3 is 0 Å². The van der Waals surface area contributed by atoms with Crippen molar-refractivity contribution in [2.45, 2.75) is 33.0 Å². The SMILES string of the molecule is CC(C)c1cc(C(=O)Nc2cccc3cccnc23)c(OCc2ccccc2)cc1OCc1ccccc1. The first-order chi connectivity index (χ1) is 18.6. The maximum atomic E-state index is 13.7. The van der Waals surface area contributed by atoms with Crippen LogP contribution < -0.4 is 14.8 Å². The highest BCUT2D eigenvalue weighted by Gasteiger charge is 2.21. The van der Waals surface area contributed by atoms with Crippen LogP contribution in [0.5, 0.6) is 11.5 Å². The molecule has 0 bridgehead atoms. The lowest BCUT2D eigenvalue weighted by molar-refractivity contribution is 0.102. The first kappa shape index (κ1) is 25.0. The Bertz CT molecular complexity index is 1530. The number of carbonyl (C=O) groups is 1. The van der Waals surface area contributed by atoms with Crippen LogP contribution in [0.3, 0.4) is 0 Å². The lowest BCUT2D eigenvalue weighted by Crippen LogP contribution is -2.15. The number of aromatic nitrogens is 1. The molecule has 0 atom stereocenters. The Hall–Kier alpha value is -4.64. The number of ether oxygens (including phenoxy) is 2. The first-order valence-corrected chi connectivity index (χ1v) is 12.7. The second-order valence-corrected chi connectivity index (χ2v) is 9.42. The fourth-order valence-electron chi connectivity index (χ4n) is 4.32. The average molecular weight is 503 g/mol. The number of rotatable bonds is 9. The molecule has 38 heavy (non-hydrogen) atoms. The number of pyridine rings is 1. The van der Waals surface area contributed by atoms with Crippen LogP contribution in [0, 0.1) is 0 Å². The van der Waals surface area contributed by atoms with Gasteiger partial charge in [0.2, 0.25) is 0 Å². The third-order valence-corrected chi connectivity index (χ3v) is 6.33. The quantitative estimate of drug-likeness (QED) is 0.224. The number of para-hydroxylation sites is 1. The molecule has 0 spiro atoms. The van der Waals surface area contributed by atoms with Crippen molar-refractivity contribution in [3.05, 3.63) is 132 Å². The van der Waals surface area contributed by atoms with Gasteiger partial charge in [0, 0.05) is 17.6 Å². The van der Waals surface area contributed by atoms with Crippen LogP contribution in [-0.4, -0.2) is 10.9 Å². The predicted octanol–water partition coefficient (Wildman–Crippen LogP) is 7.77. The van der Waals surface area contributed by atoms with Gasteiger partial charge in [0.25, 0.3) is 5.91 Å². The second kappa shape index (κ2) is 11.6. The summed E-state index contributed by atoms with van der Waals surface area (Å²) in [5, 5.41) is 4.02. The van der Waals surface area contributed by atoms with Crippen LogP contribution in [0.25, 0.3) is 10.9 Å². The van der Waals surface area contributed by atoms with E-state index in [9.17, 15) is 4.79 Å². The molecule has 5 rings (SSSR count). The minimum absolute atomic E-state index is 0.134. The summed E-state index contributed by atoms with van der Waals surface area (Å²) in [4.78, 5) is 18.2. The molecule has 1 N–H and O–H groups in total. The topological polar surface area (TPSA) is 60.5 Å². The van der Waals surface area contributed by atoms with Gasteiger partial charge in [-0.25, -0.2) is 0 Å². The van der Waals surface area contributed by atoms with Crippen molar-refractivity contribution >= 4 is 22.5 Å². The highest BCUT2D eigenvalue weighted by atomic mass is 16.5. The molecule has 190 valence electrons. The molecule has 0 aliphatic carbocycles. The summed E-state index contributed by atoms with van der Waals surface area (Å²) in [6.45, 7) is 4.93. The van der Waals surface area contributed by atoms with E-state index in [2.05, 4.69) is 24.1 Å². The number of nitrogens with zero attached hydrogens (tertiary/aromatic N) is 1. The summed E-state index contributed by atoms with van der Waals surface area (Å²) < 4.78 is 12.5. The molecule has 0 aliphatic heterocycles. The lowest BCUT2D eigenvalue weighted by atomic mass is 9.98. The molecule has 0 radical (unpaired) electrons. The lowest BCUT2D eigenvalue weighted by Gasteiger charge is -2.19. The third-order valence-electron chi connectivity index (χ3n) is 6.33. The van der Waals surface area contributed by atoms with E-state index >= 15 is 0 Å². The molecule has 1 heterocycles. The summed E-state index contributed by atoms with van der Waals surface area (Å²) in [7, 11) is 0. The molecule has 0 fully saturated rings. The van der Waals surface area contributed by atoms with Crippen LogP contribution >= 0.6 is 0 Å². The van der Waals surface area contributed by atoms with Gasteiger partial charge in [-0.05, 0) is 40.8 Å². The molecule has 5 aromatic rings. The summed E-state index contributed by atoms with van der Waals surface area (Å²) in [5.74, 6) is 1.04. The van der Waals surface area contributed by atoms with Crippen molar-refractivity contribution in [3.8, 4) is 11.5 Å². The Morgan fingerprint density at radius 3 is 2.05 bits per heavy atom. The zero-order valence-corrected chi connectivity index (χ0v) is 21.6. The molecule has 5 nitrogen and oxygen atoms in total. The number of nitrogens with one attached hydrogen (secondary N) is 1. The normalized spacial score (nSPS) is 10.9. The zero-order valence-electron chi connectivity index (χ0n) is 21.6. The number of hydrogen-bond acceptors (Lipinski definition) is 4. The standard InChI is InChI=1S/C33H30N2O3/c1-23(2)27-19-28(33(36)35-29-17-9-15-26-16-10-18-34-32(26)29)31(38-22-25-13-7-4-8-14-25)20-30(27)37-21-24-11-5-3-6-12-24/h3-20,23H,21-22H2,1-2H3,(H,35,36). The number of anilines is 1. The molecule has 4 aromatic carbocycles. The fraction of sp³-hybridized carbons (Fsp3) is 0.152. The maximum absolute atomic E-state index is 13.7. The average Bonchev–Trinajstić information content (AvgIpc) is 2.96. The van der Waals surface area contributed by atoms with Gasteiger partial charge in [0.15, 0.2) is 0 Å². The number of hydrogen-bond donors (Lipinski definition) is 1. The molecule has 1 aromatic heterocycles. The smallest absolute Gasteiger partial charge is 0.259 e. The van der Waals surface area contributed by atoms with Crippen LogP contribution in [0.15, 0.2) is 109 Å². The van der Waals surface area contributed by atoms with Gasteiger partial charge in [0.05, 0.1) is 16.8 Å². The molecular weight excluding hydrogens is 472 g/mol. The highest BCUT2D eigenvalue weighted by Crippen LogP contribution is 2.35. The van der Waals surface area contributed by atoms with E-state index in [0.717, 1.165) is 27.6 Å². The monoisotopic (exact) mass is 502 g/mol. The molecule has 1 amide bonds. The van der Waals surface area contributed by atoms with Crippen molar-refractivity contribution in [1.82, 2.24) is 4.98 Å². The van der Waals surface area contributed by atoms with Crippen molar-refractivity contribution in [1.29, 1.82) is 0 Å². The number of carbonyl (C=O) groups excluding carboxylic acids is 1. The van der Waals surface area contributed by atoms with Gasteiger partial charge in [-0.2, -0.15) is 0 Å². The summed E-state index contributed by atoms with van der Waals surface area (Å²) >= 11 is 0. The van der Waals surface area contributed by atoms with Gasteiger partial charge in [0.1, 0.15) is 24.7 Å². The van der Waals surface area contributed by atoms with Crippen LogP contribution in [0.1, 0.15) is 46.8 Å². The first-order valence-electron chi connectivity index (χ1n) is 12.7. The van der Waals surface area contributed by atoms with E-state index in [-0.39, 0.29) is 11.8 Å². The molecule has 5 heteroatoms. The fourth-order valence-corrected chi connectivity index (χ4v) is 4.32. The third kappa shape index (κ3) is 5.84. The van der Waals surface area contributed by atoms with Gasteiger partial charge < -0.3 is 14.8 Å². The minimum Gasteiger partial charge on any atom is -0.488 e. The van der Waals surface area contributed by atoms with Crippen molar-refractivity contribution in [2.75, 3.05) is 5.32 Å². The number of benzene rings is 4. The Morgan fingerprint density at radius 2 is 1.39 bits per heavy atom. The van der Waals surface area contributed by atoms with Gasteiger partial charge in [-0.15, -0.1) is 0 Å². The molecule has 0 unspecified atom stereocenters. The number of amides is 1. The second-order valence-electron chi connectivity index (χ2n) is 9.42. The Morgan fingerprint density at radius 1 is 0.763 bits per heavy atom. The maximum Gasteiger partial charge on any atom is 0.259 e. The summed E-state index contributed by atoms with van der Waals surface area (Å²) in [6.07, 6.45) is 1.72. The predicted molar refractivity (Wildman–Crippen MR) is 152 cm³/mol. The zero-order chi connectivity index (χ0) is 26.3. The van der Waals surface area contributed by atoms with Crippen LogP contribution in [-0.2, 0) is 13.2 Å². The van der Waals surface area contributed by atoms with E-state index in [1.165, 1.54) is 0 Å². The van der Waals surface area contributed by atoms with E-state index in [4.69, 9.17) is 9.47 Å². The summed E-state index contributed by atoms with van der Waals surface area (Å²) in [6, 6.07) is 33.3. The Balaban J connectivity index is 1.50. The minimum atomic E-state index is -0.261. The summed E-state index contributed by atoms with van der Waals surface area (Å²) in [5.41, 5.74) is 4.86. The van der Waals surface area contributed by atoms with Crippen molar-refractivity contribution in [3.63, 3.8) is 0 Å².